The molecule has 0 saturated carbocycles. The molecule has 1 saturated heterocycles. The van der Waals surface area contributed by atoms with Gasteiger partial charge in [-0.15, -0.1) is 22.0 Å². The van der Waals surface area contributed by atoms with Crippen molar-refractivity contribution < 1.29 is 19.4 Å². The number of hydrogen-bond donors (Lipinski definition) is 1. The summed E-state index contributed by atoms with van der Waals surface area (Å²) in [4.78, 5) is 25.7. The lowest BCUT2D eigenvalue weighted by Crippen LogP contribution is -2.31. The van der Waals surface area contributed by atoms with Gasteiger partial charge in [-0.1, -0.05) is 64.9 Å². The molecule has 0 bridgehead atoms. The summed E-state index contributed by atoms with van der Waals surface area (Å²) in [5, 5.41) is 18.2. The highest BCUT2D eigenvalue weighted by atomic mass is 35.5. The van der Waals surface area contributed by atoms with Crippen LogP contribution in [0.3, 0.4) is 0 Å². The second kappa shape index (κ2) is 9.44. The van der Waals surface area contributed by atoms with Gasteiger partial charge >= 0.3 is 5.97 Å². The maximum absolute atomic E-state index is 13.0. The average molecular weight is 496 g/mol. The summed E-state index contributed by atoms with van der Waals surface area (Å²) in [7, 11) is 0. The number of carboxylic acid groups (broad SMARTS) is 1. The number of rotatable bonds is 7. The molecular formula is C20H15Cl2N3O4S2. The third-order valence-corrected chi connectivity index (χ3v) is 7.26. The molecule has 1 aromatic heterocycles. The zero-order valence-corrected chi connectivity index (χ0v) is 18.9. The van der Waals surface area contributed by atoms with Crippen LogP contribution in [-0.4, -0.2) is 32.4 Å². The lowest BCUT2D eigenvalue weighted by molar-refractivity contribution is -0.138. The van der Waals surface area contributed by atoms with Crippen LogP contribution in [-0.2, 0) is 16.2 Å². The molecule has 1 aliphatic heterocycles. The van der Waals surface area contributed by atoms with Gasteiger partial charge in [0.1, 0.15) is 17.7 Å². The first-order valence-electron chi connectivity index (χ1n) is 9.08. The van der Waals surface area contributed by atoms with Gasteiger partial charge in [0.15, 0.2) is 5.01 Å². The van der Waals surface area contributed by atoms with Crippen molar-refractivity contribution in [3.8, 4) is 5.75 Å². The average Bonchev–Trinajstić information content (AvgIpc) is 3.32. The number of ether oxygens (including phenoxy) is 1. The predicted molar refractivity (Wildman–Crippen MR) is 121 cm³/mol. The van der Waals surface area contributed by atoms with Crippen molar-refractivity contribution in [2.75, 3.05) is 4.90 Å². The molecule has 3 aromatic rings. The number of halogens is 2. The Balaban J connectivity index is 1.55. The molecule has 0 aliphatic carbocycles. The monoisotopic (exact) mass is 495 g/mol. The molecule has 31 heavy (non-hydrogen) atoms. The second-order valence-electron chi connectivity index (χ2n) is 6.54. The minimum absolute atomic E-state index is 0.114. The van der Waals surface area contributed by atoms with Crippen molar-refractivity contribution in [3.05, 3.63) is 69.1 Å². The van der Waals surface area contributed by atoms with Gasteiger partial charge in [-0.25, -0.2) is 0 Å². The largest absolute Gasteiger partial charge is 0.485 e. The van der Waals surface area contributed by atoms with E-state index < -0.39 is 11.2 Å². The summed E-state index contributed by atoms with van der Waals surface area (Å²) >= 11 is 14.5. The third-order valence-electron chi connectivity index (χ3n) is 4.39. The van der Waals surface area contributed by atoms with Crippen molar-refractivity contribution in [3.63, 3.8) is 0 Å². The van der Waals surface area contributed by atoms with Crippen LogP contribution in [0.2, 0.25) is 10.0 Å². The number of thioether (sulfide) groups is 1. The van der Waals surface area contributed by atoms with Crippen LogP contribution in [0.5, 0.6) is 5.75 Å². The third kappa shape index (κ3) is 4.95. The van der Waals surface area contributed by atoms with Gasteiger partial charge in [0, 0.05) is 5.02 Å². The van der Waals surface area contributed by atoms with E-state index in [1.165, 1.54) is 28.0 Å². The van der Waals surface area contributed by atoms with Crippen LogP contribution >= 0.6 is 46.3 Å². The fraction of sp³-hybridized carbons (Fsp3) is 0.200. The highest BCUT2D eigenvalue weighted by Gasteiger charge is 2.44. The summed E-state index contributed by atoms with van der Waals surface area (Å²) in [6.45, 7) is 0.114. The van der Waals surface area contributed by atoms with Crippen molar-refractivity contribution in [2.45, 2.75) is 23.7 Å². The van der Waals surface area contributed by atoms with E-state index in [2.05, 4.69) is 10.2 Å². The molecule has 0 radical (unpaired) electrons. The van der Waals surface area contributed by atoms with Crippen LogP contribution in [0.25, 0.3) is 0 Å². The Morgan fingerprint density at radius 3 is 2.65 bits per heavy atom. The summed E-state index contributed by atoms with van der Waals surface area (Å²) in [5.41, 5.74) is 0.884. The molecule has 1 fully saturated rings. The fourth-order valence-electron chi connectivity index (χ4n) is 3.01. The molecule has 1 amide bonds. The van der Waals surface area contributed by atoms with Crippen LogP contribution in [0.4, 0.5) is 5.13 Å². The Kier molecular flexibility index (Phi) is 6.66. The normalized spacial score (nSPS) is 18.4. The van der Waals surface area contributed by atoms with E-state index in [1.807, 2.05) is 30.3 Å². The lowest BCUT2D eigenvalue weighted by atomic mass is 10.2. The van der Waals surface area contributed by atoms with Gasteiger partial charge < -0.3 is 9.84 Å². The number of hydrogen-bond acceptors (Lipinski definition) is 7. The Labute approximate surface area is 195 Å². The van der Waals surface area contributed by atoms with Crippen LogP contribution in [0, 0.1) is 0 Å². The first-order chi connectivity index (χ1) is 14.9. The summed E-state index contributed by atoms with van der Waals surface area (Å²) in [6.07, 6.45) is -0.257. The number of anilines is 1. The maximum Gasteiger partial charge on any atom is 0.305 e. The van der Waals surface area contributed by atoms with Gasteiger partial charge in [0.05, 0.1) is 16.7 Å². The van der Waals surface area contributed by atoms with E-state index in [4.69, 9.17) is 27.9 Å². The van der Waals surface area contributed by atoms with E-state index >= 15 is 0 Å². The minimum Gasteiger partial charge on any atom is -0.485 e. The number of aliphatic carboxylic acids is 1. The quantitative estimate of drug-likeness (QED) is 0.490. The molecule has 2 heterocycles. The minimum atomic E-state index is -1.02. The summed E-state index contributed by atoms with van der Waals surface area (Å²) in [6, 6.07) is 14.3. The molecule has 2 aromatic carbocycles. The van der Waals surface area contributed by atoms with E-state index in [1.54, 1.807) is 18.2 Å². The highest BCUT2D eigenvalue weighted by Crippen LogP contribution is 2.47. The standard InChI is InChI=1S/C20H15Cl2N3O4S2/c21-12-6-7-14(13(22)8-12)29-10-16-23-24-20(31-16)25-18(28)15(9-17(26)27)30-19(25)11-4-2-1-3-5-11/h1-8,15,19H,9-10H2,(H,26,27). The van der Waals surface area contributed by atoms with E-state index in [9.17, 15) is 14.7 Å². The maximum atomic E-state index is 13.0. The SMILES string of the molecule is O=C(O)CC1SC(c2ccccc2)N(c2nnc(COc3ccc(Cl)cc3Cl)s2)C1=O. The van der Waals surface area contributed by atoms with Crippen molar-refractivity contribution in [2.24, 2.45) is 0 Å². The van der Waals surface area contributed by atoms with Crippen LogP contribution in [0.15, 0.2) is 48.5 Å². The Morgan fingerprint density at radius 1 is 1.16 bits per heavy atom. The zero-order valence-electron chi connectivity index (χ0n) is 15.8. The second-order valence-corrected chi connectivity index (χ2v) is 9.71. The first-order valence-corrected chi connectivity index (χ1v) is 11.6. The van der Waals surface area contributed by atoms with Gasteiger partial charge in [0.2, 0.25) is 11.0 Å². The number of carbonyl (C=O) groups is 2. The topological polar surface area (TPSA) is 92.6 Å². The molecule has 11 heteroatoms. The molecule has 4 rings (SSSR count). The fourth-order valence-corrected chi connectivity index (χ4v) is 5.75. The molecule has 2 unspecified atom stereocenters. The summed E-state index contributed by atoms with van der Waals surface area (Å²) in [5.74, 6) is -0.865. The molecule has 0 spiro atoms. The van der Waals surface area contributed by atoms with Gasteiger partial charge in [-0.3, -0.25) is 14.5 Å². The molecule has 1 N–H and O–H groups in total. The molecular weight excluding hydrogens is 481 g/mol. The Bertz CT molecular complexity index is 1110. The lowest BCUT2D eigenvalue weighted by Gasteiger charge is -2.20. The highest BCUT2D eigenvalue weighted by molar-refractivity contribution is 8.01. The number of nitrogens with zero attached hydrogens (tertiary/aromatic N) is 3. The molecule has 2 atom stereocenters. The molecule has 1 aliphatic rings. The Hall–Kier alpha value is -2.33. The van der Waals surface area contributed by atoms with Crippen molar-refractivity contribution in [1.29, 1.82) is 0 Å². The van der Waals surface area contributed by atoms with Gasteiger partial charge in [-0.2, -0.15) is 0 Å². The molecule has 160 valence electrons. The zero-order chi connectivity index (χ0) is 22.0. The van der Waals surface area contributed by atoms with E-state index in [-0.39, 0.29) is 24.3 Å². The van der Waals surface area contributed by atoms with Crippen LogP contribution in [0.1, 0.15) is 22.4 Å². The summed E-state index contributed by atoms with van der Waals surface area (Å²) < 4.78 is 5.70. The van der Waals surface area contributed by atoms with E-state index in [0.29, 0.717) is 25.9 Å². The number of carbonyl (C=O) groups excluding carboxylic acids is 1. The first kappa shape index (κ1) is 21.9. The number of amides is 1. The van der Waals surface area contributed by atoms with Gasteiger partial charge in [0.25, 0.3) is 0 Å². The van der Waals surface area contributed by atoms with Crippen molar-refractivity contribution >= 4 is 63.3 Å². The number of benzene rings is 2. The Morgan fingerprint density at radius 2 is 1.94 bits per heavy atom. The van der Waals surface area contributed by atoms with Crippen molar-refractivity contribution in [1.82, 2.24) is 10.2 Å². The van der Waals surface area contributed by atoms with Crippen LogP contribution < -0.4 is 9.64 Å². The molecule has 7 nitrogen and oxygen atoms in total. The number of carboxylic acids is 1. The van der Waals surface area contributed by atoms with E-state index in [0.717, 1.165) is 5.56 Å². The van der Waals surface area contributed by atoms with Gasteiger partial charge in [-0.05, 0) is 23.8 Å². The number of aromatic nitrogens is 2. The predicted octanol–water partition coefficient (Wildman–Crippen LogP) is 5.05. The smallest absolute Gasteiger partial charge is 0.305 e.